The molecule has 0 aliphatic heterocycles. The van der Waals surface area contributed by atoms with E-state index in [2.05, 4.69) is 4.98 Å². The van der Waals surface area contributed by atoms with Crippen molar-refractivity contribution in [2.24, 2.45) is 0 Å². The summed E-state index contributed by atoms with van der Waals surface area (Å²) in [5.74, 6) is 0.294. The van der Waals surface area contributed by atoms with Gasteiger partial charge in [-0.05, 0) is 41.8 Å². The van der Waals surface area contributed by atoms with Crippen molar-refractivity contribution in [3.8, 4) is 0 Å². The van der Waals surface area contributed by atoms with Gasteiger partial charge in [-0.25, -0.2) is 9.37 Å². The van der Waals surface area contributed by atoms with Gasteiger partial charge in [0.05, 0.1) is 0 Å². The second kappa shape index (κ2) is 4.09. The molecule has 0 saturated carbocycles. The SMILES string of the molecule is Nc1cc(Cc2ccc(F)cc2)ccn1. The van der Waals surface area contributed by atoms with E-state index in [1.807, 2.05) is 12.1 Å². The third-order valence-corrected chi connectivity index (χ3v) is 2.17. The largest absolute Gasteiger partial charge is 0.384 e. The number of halogens is 1. The topological polar surface area (TPSA) is 38.9 Å². The second-order valence-corrected chi connectivity index (χ2v) is 3.39. The Morgan fingerprint density at radius 2 is 1.80 bits per heavy atom. The van der Waals surface area contributed by atoms with Crippen molar-refractivity contribution in [2.45, 2.75) is 6.42 Å². The zero-order valence-corrected chi connectivity index (χ0v) is 8.15. The molecule has 0 aliphatic carbocycles. The van der Waals surface area contributed by atoms with Crippen molar-refractivity contribution in [3.05, 3.63) is 59.5 Å². The predicted octanol–water partition coefficient (Wildman–Crippen LogP) is 2.39. The Bertz CT molecular complexity index is 451. The van der Waals surface area contributed by atoms with Gasteiger partial charge in [0, 0.05) is 6.20 Å². The van der Waals surface area contributed by atoms with E-state index in [4.69, 9.17) is 5.73 Å². The first-order valence-electron chi connectivity index (χ1n) is 4.69. The first kappa shape index (κ1) is 9.65. The lowest BCUT2D eigenvalue weighted by Gasteiger charge is -2.02. The van der Waals surface area contributed by atoms with Crippen LogP contribution in [0.15, 0.2) is 42.6 Å². The molecule has 0 bridgehead atoms. The molecule has 0 saturated heterocycles. The Kier molecular flexibility index (Phi) is 2.63. The van der Waals surface area contributed by atoms with Crippen molar-refractivity contribution in [1.29, 1.82) is 0 Å². The van der Waals surface area contributed by atoms with Crippen molar-refractivity contribution < 1.29 is 4.39 Å². The lowest BCUT2D eigenvalue weighted by Crippen LogP contribution is -1.93. The van der Waals surface area contributed by atoms with Gasteiger partial charge in [0.15, 0.2) is 0 Å². The maximum atomic E-state index is 12.7. The highest BCUT2D eigenvalue weighted by molar-refractivity contribution is 5.34. The molecule has 1 aromatic carbocycles. The van der Waals surface area contributed by atoms with Crippen LogP contribution in [0.1, 0.15) is 11.1 Å². The van der Waals surface area contributed by atoms with Crippen LogP contribution in [0.5, 0.6) is 0 Å². The summed E-state index contributed by atoms with van der Waals surface area (Å²) in [6, 6.07) is 10.2. The van der Waals surface area contributed by atoms with E-state index in [-0.39, 0.29) is 5.82 Å². The summed E-state index contributed by atoms with van der Waals surface area (Å²) in [6.07, 6.45) is 2.42. The molecule has 0 aliphatic rings. The van der Waals surface area contributed by atoms with Gasteiger partial charge in [-0.1, -0.05) is 12.1 Å². The van der Waals surface area contributed by atoms with E-state index in [1.54, 1.807) is 18.3 Å². The summed E-state index contributed by atoms with van der Waals surface area (Å²) in [7, 11) is 0. The zero-order chi connectivity index (χ0) is 10.7. The second-order valence-electron chi connectivity index (χ2n) is 3.39. The van der Waals surface area contributed by atoms with Crippen LogP contribution in [0, 0.1) is 5.82 Å². The number of anilines is 1. The molecule has 2 nitrogen and oxygen atoms in total. The van der Waals surface area contributed by atoms with Crippen LogP contribution in [-0.2, 0) is 6.42 Å². The fourth-order valence-corrected chi connectivity index (χ4v) is 1.44. The number of hydrogen-bond donors (Lipinski definition) is 1. The number of nitrogens with two attached hydrogens (primary N) is 1. The summed E-state index contributed by atoms with van der Waals surface area (Å²) < 4.78 is 12.7. The molecule has 2 aromatic rings. The molecule has 76 valence electrons. The maximum Gasteiger partial charge on any atom is 0.123 e. The minimum absolute atomic E-state index is 0.215. The van der Waals surface area contributed by atoms with Gasteiger partial charge in [-0.15, -0.1) is 0 Å². The van der Waals surface area contributed by atoms with Crippen LogP contribution < -0.4 is 5.73 Å². The smallest absolute Gasteiger partial charge is 0.123 e. The normalized spacial score (nSPS) is 10.2. The molecule has 1 heterocycles. The van der Waals surface area contributed by atoms with Crippen LogP contribution in [0.2, 0.25) is 0 Å². The minimum atomic E-state index is -0.215. The van der Waals surface area contributed by atoms with E-state index < -0.39 is 0 Å². The van der Waals surface area contributed by atoms with Gasteiger partial charge in [-0.2, -0.15) is 0 Å². The molecular weight excluding hydrogens is 191 g/mol. The summed E-state index contributed by atoms with van der Waals surface area (Å²) in [5, 5.41) is 0. The van der Waals surface area contributed by atoms with E-state index in [1.165, 1.54) is 12.1 Å². The van der Waals surface area contributed by atoms with Crippen LogP contribution in [0.4, 0.5) is 10.2 Å². The first-order valence-corrected chi connectivity index (χ1v) is 4.69. The Morgan fingerprint density at radius 1 is 1.07 bits per heavy atom. The van der Waals surface area contributed by atoms with Crippen molar-refractivity contribution >= 4 is 5.82 Å². The molecule has 0 amide bonds. The fourth-order valence-electron chi connectivity index (χ4n) is 1.44. The minimum Gasteiger partial charge on any atom is -0.384 e. The predicted molar refractivity (Wildman–Crippen MR) is 57.9 cm³/mol. The summed E-state index contributed by atoms with van der Waals surface area (Å²) in [5.41, 5.74) is 7.70. The summed E-state index contributed by atoms with van der Waals surface area (Å²) >= 11 is 0. The van der Waals surface area contributed by atoms with Gasteiger partial charge in [0.1, 0.15) is 11.6 Å². The molecule has 0 atom stereocenters. The third-order valence-electron chi connectivity index (χ3n) is 2.17. The van der Waals surface area contributed by atoms with Crippen LogP contribution in [-0.4, -0.2) is 4.98 Å². The van der Waals surface area contributed by atoms with E-state index in [9.17, 15) is 4.39 Å². The maximum absolute atomic E-state index is 12.7. The molecule has 2 rings (SSSR count). The highest BCUT2D eigenvalue weighted by Crippen LogP contribution is 2.11. The number of nitrogen functional groups attached to an aromatic ring is 1. The van der Waals surface area contributed by atoms with Gasteiger partial charge >= 0.3 is 0 Å². The summed E-state index contributed by atoms with van der Waals surface area (Å²) in [6.45, 7) is 0. The average molecular weight is 202 g/mol. The number of hydrogen-bond acceptors (Lipinski definition) is 2. The van der Waals surface area contributed by atoms with Crippen molar-refractivity contribution in [3.63, 3.8) is 0 Å². The van der Waals surface area contributed by atoms with Gasteiger partial charge in [0.25, 0.3) is 0 Å². The van der Waals surface area contributed by atoms with Crippen LogP contribution in [0.3, 0.4) is 0 Å². The van der Waals surface area contributed by atoms with Crippen LogP contribution in [0.25, 0.3) is 0 Å². The van der Waals surface area contributed by atoms with Crippen molar-refractivity contribution in [1.82, 2.24) is 4.98 Å². The standard InChI is InChI=1S/C12H11FN2/c13-11-3-1-9(2-4-11)7-10-5-6-15-12(14)8-10/h1-6,8H,7H2,(H2,14,15). The summed E-state index contributed by atoms with van der Waals surface area (Å²) in [4.78, 5) is 3.91. The Balaban J connectivity index is 2.18. The van der Waals surface area contributed by atoms with E-state index in [0.717, 1.165) is 17.5 Å². The number of benzene rings is 1. The number of aromatic nitrogens is 1. The van der Waals surface area contributed by atoms with Gasteiger partial charge in [-0.3, -0.25) is 0 Å². The number of rotatable bonds is 2. The third kappa shape index (κ3) is 2.53. The molecular formula is C12H11FN2. The van der Waals surface area contributed by atoms with E-state index >= 15 is 0 Å². The van der Waals surface area contributed by atoms with Crippen molar-refractivity contribution in [2.75, 3.05) is 5.73 Å². The highest BCUT2D eigenvalue weighted by atomic mass is 19.1. The van der Waals surface area contributed by atoms with Gasteiger partial charge < -0.3 is 5.73 Å². The van der Waals surface area contributed by atoms with Gasteiger partial charge in [0.2, 0.25) is 0 Å². The Morgan fingerprint density at radius 3 is 2.47 bits per heavy atom. The molecule has 0 spiro atoms. The fraction of sp³-hybridized carbons (Fsp3) is 0.0833. The highest BCUT2D eigenvalue weighted by Gasteiger charge is 1.97. The molecule has 1 aromatic heterocycles. The van der Waals surface area contributed by atoms with E-state index in [0.29, 0.717) is 5.82 Å². The molecule has 3 heteroatoms. The Hall–Kier alpha value is -1.90. The molecule has 0 radical (unpaired) electrons. The molecule has 0 fully saturated rings. The number of nitrogens with zero attached hydrogens (tertiary/aromatic N) is 1. The monoisotopic (exact) mass is 202 g/mol. The Labute approximate surface area is 87.6 Å². The quantitative estimate of drug-likeness (QED) is 0.812. The zero-order valence-electron chi connectivity index (χ0n) is 8.15. The average Bonchev–Trinajstić information content (AvgIpc) is 2.22. The first-order chi connectivity index (χ1) is 7.24. The molecule has 2 N–H and O–H groups in total. The lowest BCUT2D eigenvalue weighted by atomic mass is 10.1. The molecule has 0 unspecified atom stereocenters. The molecule has 15 heavy (non-hydrogen) atoms. The number of pyridine rings is 1. The lowest BCUT2D eigenvalue weighted by molar-refractivity contribution is 0.627. The van der Waals surface area contributed by atoms with Crippen LogP contribution >= 0.6 is 0 Å².